The summed E-state index contributed by atoms with van der Waals surface area (Å²) in [4.78, 5) is 27.5. The molecule has 0 bridgehead atoms. The molecule has 8 atom stereocenters. The van der Waals surface area contributed by atoms with Gasteiger partial charge in [0.1, 0.15) is 23.8 Å². The third-order valence-corrected chi connectivity index (χ3v) is 9.15. The first kappa shape index (κ1) is 35.9. The zero-order valence-corrected chi connectivity index (χ0v) is 26.9. The SMILES string of the molecule is CS(=O)(=O)NCC#Cc1ccc(N2C(=O)[C@H](CC[C@H](O)c3ccc(F)cc3)[C@H]2[C@@]2(O)[C@@H](C(=O)O)OC(Oc3ccccc3)[C@H](O)[C@H]2O)cc1. The molecule has 2 aliphatic rings. The van der Waals surface area contributed by atoms with E-state index in [1.165, 1.54) is 60.7 Å². The molecule has 2 fully saturated rings. The maximum Gasteiger partial charge on any atom is 0.336 e. The normalized spacial score (nSPS) is 27.4. The van der Waals surface area contributed by atoms with Crippen LogP contribution in [0.15, 0.2) is 78.9 Å². The van der Waals surface area contributed by atoms with E-state index in [4.69, 9.17) is 9.47 Å². The van der Waals surface area contributed by atoms with Crippen LogP contribution in [0.1, 0.15) is 30.1 Å². The molecule has 1 amide bonds. The van der Waals surface area contributed by atoms with E-state index in [0.29, 0.717) is 11.1 Å². The molecule has 49 heavy (non-hydrogen) atoms. The average molecular weight is 699 g/mol. The molecule has 13 nitrogen and oxygen atoms in total. The summed E-state index contributed by atoms with van der Waals surface area (Å²) in [6, 6.07) is 17.6. The number of nitrogens with one attached hydrogen (secondary N) is 1. The molecule has 5 rings (SSSR count). The topological polar surface area (TPSA) is 203 Å². The highest BCUT2D eigenvalue weighted by molar-refractivity contribution is 7.88. The largest absolute Gasteiger partial charge is 0.479 e. The van der Waals surface area contributed by atoms with Gasteiger partial charge in [0.15, 0.2) is 11.7 Å². The third kappa shape index (κ3) is 7.76. The molecule has 0 radical (unpaired) electrons. The Bertz CT molecular complexity index is 1820. The summed E-state index contributed by atoms with van der Waals surface area (Å²) in [5, 5.41) is 55.8. The number of amides is 1. The molecule has 2 saturated heterocycles. The summed E-state index contributed by atoms with van der Waals surface area (Å²) in [6.07, 6.45) is -8.39. The lowest BCUT2D eigenvalue weighted by atomic mass is 9.66. The molecule has 0 aromatic heterocycles. The van der Waals surface area contributed by atoms with Crippen LogP contribution in [0.4, 0.5) is 10.1 Å². The van der Waals surface area contributed by atoms with Crippen molar-refractivity contribution >= 4 is 27.6 Å². The van der Waals surface area contributed by atoms with E-state index in [-0.39, 0.29) is 30.8 Å². The second-order valence-corrected chi connectivity index (χ2v) is 13.7. The van der Waals surface area contributed by atoms with Gasteiger partial charge in [0.2, 0.25) is 22.2 Å². The van der Waals surface area contributed by atoms with Crippen molar-refractivity contribution in [3.05, 3.63) is 95.8 Å². The summed E-state index contributed by atoms with van der Waals surface area (Å²) >= 11 is 0. The van der Waals surface area contributed by atoms with E-state index >= 15 is 0 Å². The Morgan fingerprint density at radius 3 is 2.35 bits per heavy atom. The standard InChI is InChI=1S/C34H35FN2O11S/c1-49(45,46)36-19-5-6-20-9-15-23(16-10-20)37-28(25(31(37)41)17-18-26(38)21-11-13-22(35)14-12-21)34(44)29(40)27(39)33(48-30(34)32(42)43)47-24-7-3-2-4-8-24/h2-4,7-16,25-30,33,36,38-40,44H,17-19H2,1H3,(H,42,43)/t25-,26+,27-,28+,29-,30-,33?,34+/m1/s1. The molecule has 3 aromatic carbocycles. The predicted octanol–water partition coefficient (Wildman–Crippen LogP) is 0.913. The van der Waals surface area contributed by atoms with Crippen LogP contribution in [0, 0.1) is 23.6 Å². The number of rotatable bonds is 11. The van der Waals surface area contributed by atoms with Crippen LogP contribution in [0.3, 0.4) is 0 Å². The Labute approximate surface area is 281 Å². The van der Waals surface area contributed by atoms with Crippen LogP contribution in [-0.2, 0) is 24.3 Å². The first-order chi connectivity index (χ1) is 23.2. The van der Waals surface area contributed by atoms with E-state index in [1.54, 1.807) is 18.2 Å². The summed E-state index contributed by atoms with van der Waals surface area (Å²) in [6.45, 7) is -0.141. The number of carbonyl (C=O) groups excluding carboxylic acids is 1. The number of para-hydroxylation sites is 1. The van der Waals surface area contributed by atoms with Crippen LogP contribution < -0.4 is 14.4 Å². The molecular weight excluding hydrogens is 663 g/mol. The van der Waals surface area contributed by atoms with Gasteiger partial charge in [-0.3, -0.25) is 4.79 Å². The Hall–Kier alpha value is -4.40. The second kappa shape index (κ2) is 14.6. The van der Waals surface area contributed by atoms with Crippen LogP contribution in [0.25, 0.3) is 0 Å². The predicted molar refractivity (Wildman–Crippen MR) is 172 cm³/mol. The molecule has 0 spiro atoms. The zero-order valence-electron chi connectivity index (χ0n) is 26.1. The van der Waals surface area contributed by atoms with Crippen molar-refractivity contribution in [2.45, 2.75) is 55.2 Å². The van der Waals surface area contributed by atoms with Crippen molar-refractivity contribution in [1.29, 1.82) is 0 Å². The van der Waals surface area contributed by atoms with Gasteiger partial charge in [0.05, 0.1) is 30.9 Å². The summed E-state index contributed by atoms with van der Waals surface area (Å²) in [5.41, 5.74) is -1.80. The fourth-order valence-corrected chi connectivity index (χ4v) is 6.41. The highest BCUT2D eigenvalue weighted by Gasteiger charge is 2.69. The summed E-state index contributed by atoms with van der Waals surface area (Å²) in [5.74, 6) is 1.66. The van der Waals surface area contributed by atoms with Crippen molar-refractivity contribution in [2.75, 3.05) is 17.7 Å². The number of aliphatic hydroxyl groups excluding tert-OH is 3. The number of nitrogens with zero attached hydrogens (tertiary/aromatic N) is 1. The van der Waals surface area contributed by atoms with Gasteiger partial charge in [-0.25, -0.2) is 22.3 Å². The number of aliphatic carboxylic acids is 1. The summed E-state index contributed by atoms with van der Waals surface area (Å²) in [7, 11) is -3.44. The smallest absolute Gasteiger partial charge is 0.336 e. The number of hydrogen-bond donors (Lipinski definition) is 6. The number of β-lactam (4-membered cyclic amide) rings is 1. The van der Waals surface area contributed by atoms with Crippen molar-refractivity contribution in [3.8, 4) is 17.6 Å². The lowest BCUT2D eigenvalue weighted by Gasteiger charge is -2.59. The quantitative estimate of drug-likeness (QED) is 0.123. The van der Waals surface area contributed by atoms with Gasteiger partial charge in [0, 0.05) is 11.3 Å². The van der Waals surface area contributed by atoms with E-state index in [2.05, 4.69) is 16.6 Å². The van der Waals surface area contributed by atoms with Crippen molar-refractivity contribution in [3.63, 3.8) is 0 Å². The van der Waals surface area contributed by atoms with Gasteiger partial charge in [-0.1, -0.05) is 42.2 Å². The Kier molecular flexibility index (Phi) is 10.7. The lowest BCUT2D eigenvalue weighted by Crippen LogP contribution is -2.82. The van der Waals surface area contributed by atoms with Gasteiger partial charge in [-0.2, -0.15) is 0 Å². The molecule has 6 N–H and O–H groups in total. The Morgan fingerprint density at radius 2 is 1.73 bits per heavy atom. The molecule has 0 saturated carbocycles. The van der Waals surface area contributed by atoms with Crippen LogP contribution in [0.5, 0.6) is 5.75 Å². The Balaban J connectivity index is 1.46. The number of hydrogen-bond acceptors (Lipinski definition) is 10. The molecular formula is C34H35FN2O11S. The van der Waals surface area contributed by atoms with Crippen LogP contribution >= 0.6 is 0 Å². The number of halogens is 1. The fraction of sp³-hybridized carbons (Fsp3) is 0.353. The number of benzene rings is 3. The van der Waals surface area contributed by atoms with Gasteiger partial charge in [0.25, 0.3) is 0 Å². The molecule has 260 valence electrons. The molecule has 0 aliphatic carbocycles. The van der Waals surface area contributed by atoms with E-state index in [0.717, 1.165) is 11.2 Å². The minimum Gasteiger partial charge on any atom is -0.479 e. The monoisotopic (exact) mass is 698 g/mol. The third-order valence-electron chi connectivity index (χ3n) is 8.48. The Morgan fingerprint density at radius 1 is 1.08 bits per heavy atom. The average Bonchev–Trinajstić information content (AvgIpc) is 3.06. The first-order valence-electron chi connectivity index (χ1n) is 15.2. The number of anilines is 1. The maximum atomic E-state index is 13.7. The number of carboxylic acid groups (broad SMARTS) is 1. The number of ether oxygens (including phenoxy) is 2. The number of sulfonamides is 1. The molecule has 2 aliphatic heterocycles. The fourth-order valence-electron chi connectivity index (χ4n) is 6.07. The van der Waals surface area contributed by atoms with Gasteiger partial charge < -0.3 is 39.9 Å². The van der Waals surface area contributed by atoms with Gasteiger partial charge in [-0.15, -0.1) is 0 Å². The lowest BCUT2D eigenvalue weighted by molar-refractivity contribution is -0.313. The minimum absolute atomic E-state index is 0.0600. The maximum absolute atomic E-state index is 13.7. The number of carboxylic acids is 1. The van der Waals surface area contributed by atoms with E-state index in [1.807, 2.05) is 0 Å². The van der Waals surface area contributed by atoms with Gasteiger partial charge >= 0.3 is 5.97 Å². The highest BCUT2D eigenvalue weighted by Crippen LogP contribution is 2.47. The molecule has 2 heterocycles. The van der Waals surface area contributed by atoms with Gasteiger partial charge in [-0.05, 0) is 66.9 Å². The number of aliphatic hydroxyl groups is 4. The molecule has 15 heteroatoms. The van der Waals surface area contributed by atoms with Crippen molar-refractivity contribution < 1.29 is 57.4 Å². The van der Waals surface area contributed by atoms with E-state index < -0.39 is 76.0 Å². The second-order valence-electron chi connectivity index (χ2n) is 11.8. The van der Waals surface area contributed by atoms with E-state index in [9.17, 15) is 47.9 Å². The molecule has 3 aromatic rings. The van der Waals surface area contributed by atoms with Crippen LogP contribution in [0.2, 0.25) is 0 Å². The summed E-state index contributed by atoms with van der Waals surface area (Å²) < 4.78 is 49.4. The number of carbonyl (C=O) groups is 2. The van der Waals surface area contributed by atoms with Crippen LogP contribution in [-0.4, -0.2) is 94.9 Å². The highest BCUT2D eigenvalue weighted by atomic mass is 32.2. The minimum atomic E-state index is -3.44. The van der Waals surface area contributed by atoms with Crippen molar-refractivity contribution in [1.82, 2.24) is 4.72 Å². The zero-order chi connectivity index (χ0) is 35.5. The van der Waals surface area contributed by atoms with Crippen molar-refractivity contribution in [2.24, 2.45) is 5.92 Å². The molecule has 1 unspecified atom stereocenters. The first-order valence-corrected chi connectivity index (χ1v) is 17.1.